The number of benzene rings is 1. The molecule has 1 atom stereocenters. The molecule has 0 radical (unpaired) electrons. The largest absolute Gasteiger partial charge is 0.469 e. The fourth-order valence-corrected chi connectivity index (χ4v) is 4.94. The van der Waals surface area contributed by atoms with Gasteiger partial charge in [-0.1, -0.05) is 23.7 Å². The number of ether oxygens (including phenoxy) is 1. The number of aliphatic hydroxyl groups excluding tert-OH is 1. The molecule has 0 aliphatic heterocycles. The van der Waals surface area contributed by atoms with Crippen LogP contribution in [0.1, 0.15) is 34.7 Å². The lowest BCUT2D eigenvalue weighted by molar-refractivity contribution is -0.117. The van der Waals surface area contributed by atoms with Crippen LogP contribution in [0.25, 0.3) is 16.3 Å². The van der Waals surface area contributed by atoms with Gasteiger partial charge in [-0.25, -0.2) is 4.98 Å². The summed E-state index contributed by atoms with van der Waals surface area (Å²) >= 11 is 7.86. The second-order valence-corrected chi connectivity index (χ2v) is 9.64. The molecule has 0 fully saturated rings. The number of carbonyl (C=O) groups excluding carboxylic acids is 1. The highest BCUT2D eigenvalue weighted by molar-refractivity contribution is 7.15. The predicted molar refractivity (Wildman–Crippen MR) is 131 cm³/mol. The summed E-state index contributed by atoms with van der Waals surface area (Å²) in [6, 6.07) is 5.89. The number of halogens is 1. The minimum atomic E-state index is -0.483. The van der Waals surface area contributed by atoms with Gasteiger partial charge in [-0.3, -0.25) is 14.2 Å². The summed E-state index contributed by atoms with van der Waals surface area (Å²) in [5, 5.41) is 10.6. The first-order valence-corrected chi connectivity index (χ1v) is 11.8. The van der Waals surface area contributed by atoms with E-state index in [1.54, 1.807) is 23.0 Å². The maximum absolute atomic E-state index is 11.7. The van der Waals surface area contributed by atoms with E-state index in [9.17, 15) is 9.90 Å². The fourth-order valence-electron chi connectivity index (χ4n) is 3.57. The third-order valence-electron chi connectivity index (χ3n) is 5.12. The van der Waals surface area contributed by atoms with E-state index in [1.807, 2.05) is 39.2 Å². The molecule has 3 aromatic heterocycles. The summed E-state index contributed by atoms with van der Waals surface area (Å²) in [6.07, 6.45) is 4.53. The minimum absolute atomic E-state index is 0.00456. The van der Waals surface area contributed by atoms with Crippen LogP contribution in [0.2, 0.25) is 5.02 Å². The zero-order valence-electron chi connectivity index (χ0n) is 19.0. The highest BCUT2D eigenvalue weighted by atomic mass is 35.5. The molecule has 0 unspecified atom stereocenters. The maximum Gasteiger partial charge on any atom is 0.229 e. The predicted octanol–water partition coefficient (Wildman–Crippen LogP) is 3.23. The molecular formula is C23H25ClN6O3S. The number of carbonyl (C=O) groups is 1. The van der Waals surface area contributed by atoms with Crippen LogP contribution >= 0.6 is 22.9 Å². The molecule has 1 amide bonds. The van der Waals surface area contributed by atoms with E-state index in [1.165, 1.54) is 11.3 Å². The SMILES string of the molecule is C[C@@H](Oc1nc(-c2cnc3cnc(CO)cn23)sc1CC(N)=O)c1ccc(CN(C)C)cc1Cl. The van der Waals surface area contributed by atoms with Crippen molar-refractivity contribution in [1.82, 2.24) is 24.3 Å². The van der Waals surface area contributed by atoms with E-state index < -0.39 is 12.0 Å². The van der Waals surface area contributed by atoms with Crippen molar-refractivity contribution in [3.8, 4) is 16.6 Å². The number of nitrogens with two attached hydrogens (primary N) is 1. The van der Waals surface area contributed by atoms with Crippen molar-refractivity contribution >= 4 is 34.5 Å². The van der Waals surface area contributed by atoms with Gasteiger partial charge in [0.05, 0.1) is 36.0 Å². The van der Waals surface area contributed by atoms with Crippen LogP contribution in [0.15, 0.2) is 36.8 Å². The first-order valence-electron chi connectivity index (χ1n) is 10.6. The third kappa shape index (κ3) is 5.20. The summed E-state index contributed by atoms with van der Waals surface area (Å²) in [7, 11) is 4.00. The van der Waals surface area contributed by atoms with E-state index >= 15 is 0 Å². The van der Waals surface area contributed by atoms with E-state index in [-0.39, 0.29) is 13.0 Å². The van der Waals surface area contributed by atoms with Crippen LogP contribution in [0.5, 0.6) is 5.88 Å². The monoisotopic (exact) mass is 500 g/mol. The van der Waals surface area contributed by atoms with Crippen LogP contribution < -0.4 is 10.5 Å². The Balaban J connectivity index is 1.67. The Morgan fingerprint density at radius 2 is 2.12 bits per heavy atom. The number of amides is 1. The Kier molecular flexibility index (Phi) is 7.13. The van der Waals surface area contributed by atoms with Crippen LogP contribution in [0, 0.1) is 0 Å². The topological polar surface area (TPSA) is 119 Å². The number of fused-ring (bicyclic) bond motifs is 1. The average molecular weight is 501 g/mol. The van der Waals surface area contributed by atoms with Gasteiger partial charge in [0.15, 0.2) is 5.65 Å². The molecule has 4 rings (SSSR count). The average Bonchev–Trinajstić information content (AvgIpc) is 3.36. The van der Waals surface area contributed by atoms with E-state index in [0.29, 0.717) is 37.8 Å². The summed E-state index contributed by atoms with van der Waals surface area (Å²) in [5.74, 6) is -0.158. The Morgan fingerprint density at radius 3 is 2.79 bits per heavy atom. The molecule has 1 aromatic carbocycles. The second-order valence-electron chi connectivity index (χ2n) is 8.15. The Bertz CT molecular complexity index is 1340. The highest BCUT2D eigenvalue weighted by Crippen LogP contribution is 2.36. The second kappa shape index (κ2) is 10.1. The maximum atomic E-state index is 11.7. The first kappa shape index (κ1) is 24.1. The van der Waals surface area contributed by atoms with E-state index in [4.69, 9.17) is 22.1 Å². The van der Waals surface area contributed by atoms with Crippen LogP contribution in [0.4, 0.5) is 0 Å². The molecule has 3 heterocycles. The standard InChI is InChI=1S/C23H25ClN6O3S/c1-13(16-5-4-14(6-17(16)24)10-29(2)3)33-22-19(7-20(25)32)34-23(28-22)18-8-27-21-9-26-15(12-31)11-30(18)21/h4-6,8-9,11,13,31H,7,10,12H2,1-3H3,(H2,25,32)/t13-/m1/s1. The molecule has 34 heavy (non-hydrogen) atoms. The van der Waals surface area contributed by atoms with Gasteiger partial charge in [0, 0.05) is 23.3 Å². The number of hydrogen-bond acceptors (Lipinski definition) is 8. The Morgan fingerprint density at radius 1 is 1.32 bits per heavy atom. The van der Waals surface area contributed by atoms with Crippen molar-refractivity contribution in [3.63, 3.8) is 0 Å². The van der Waals surface area contributed by atoms with Gasteiger partial charge in [-0.2, -0.15) is 4.98 Å². The van der Waals surface area contributed by atoms with Crippen LogP contribution in [-0.4, -0.2) is 49.4 Å². The van der Waals surface area contributed by atoms with Gasteiger partial charge >= 0.3 is 0 Å². The molecule has 0 bridgehead atoms. The Labute approximate surface area is 205 Å². The zero-order chi connectivity index (χ0) is 24.4. The van der Waals surface area contributed by atoms with Crippen molar-refractivity contribution in [3.05, 3.63) is 63.5 Å². The molecule has 0 spiro atoms. The number of hydrogen-bond donors (Lipinski definition) is 2. The quantitative estimate of drug-likeness (QED) is 0.362. The normalized spacial score (nSPS) is 12.4. The lowest BCUT2D eigenvalue weighted by Crippen LogP contribution is -2.14. The summed E-state index contributed by atoms with van der Waals surface area (Å²) in [5.41, 5.74) is 9.19. The smallest absolute Gasteiger partial charge is 0.229 e. The molecule has 0 aliphatic carbocycles. The molecule has 4 aromatic rings. The van der Waals surface area contributed by atoms with Crippen molar-refractivity contribution in [1.29, 1.82) is 0 Å². The molecule has 0 saturated carbocycles. The van der Waals surface area contributed by atoms with Crippen molar-refractivity contribution in [2.45, 2.75) is 32.6 Å². The number of aliphatic hydroxyl groups is 1. The minimum Gasteiger partial charge on any atom is -0.469 e. The Hall–Kier alpha value is -3.05. The number of aromatic nitrogens is 4. The number of imidazole rings is 1. The summed E-state index contributed by atoms with van der Waals surface area (Å²) < 4.78 is 7.98. The van der Waals surface area contributed by atoms with Gasteiger partial charge in [-0.15, -0.1) is 11.3 Å². The summed E-state index contributed by atoms with van der Waals surface area (Å²) in [4.78, 5) is 27.6. The van der Waals surface area contributed by atoms with Crippen LogP contribution in [0.3, 0.4) is 0 Å². The first-order chi connectivity index (χ1) is 16.2. The van der Waals surface area contributed by atoms with Crippen molar-refractivity contribution in [2.75, 3.05) is 14.1 Å². The molecule has 178 valence electrons. The van der Waals surface area contributed by atoms with Gasteiger partial charge < -0.3 is 20.5 Å². The highest BCUT2D eigenvalue weighted by Gasteiger charge is 2.22. The van der Waals surface area contributed by atoms with Crippen molar-refractivity contribution < 1.29 is 14.6 Å². The molecule has 0 saturated heterocycles. The van der Waals surface area contributed by atoms with Gasteiger partial charge in [0.25, 0.3) is 0 Å². The van der Waals surface area contributed by atoms with E-state index in [2.05, 4.69) is 19.9 Å². The van der Waals surface area contributed by atoms with Crippen molar-refractivity contribution in [2.24, 2.45) is 5.73 Å². The van der Waals surface area contributed by atoms with Crippen LogP contribution in [-0.2, 0) is 24.4 Å². The fraction of sp³-hybridized carbons (Fsp3) is 0.304. The molecule has 3 N–H and O–H groups in total. The molecule has 9 nitrogen and oxygen atoms in total. The van der Waals surface area contributed by atoms with Gasteiger partial charge in [-0.05, 0) is 32.6 Å². The third-order valence-corrected chi connectivity index (χ3v) is 6.50. The van der Waals surface area contributed by atoms with Gasteiger partial charge in [0.2, 0.25) is 11.8 Å². The number of rotatable bonds is 9. The molecular weight excluding hydrogens is 476 g/mol. The molecule has 11 heteroatoms. The number of nitrogens with zero attached hydrogens (tertiary/aromatic N) is 5. The molecule has 0 aliphatic rings. The number of thiazole rings is 1. The lowest BCUT2D eigenvalue weighted by Gasteiger charge is -2.17. The van der Waals surface area contributed by atoms with E-state index in [0.717, 1.165) is 17.7 Å². The zero-order valence-corrected chi connectivity index (χ0v) is 20.6. The number of primary amides is 1. The van der Waals surface area contributed by atoms with Gasteiger partial charge in [0.1, 0.15) is 16.8 Å². The lowest BCUT2D eigenvalue weighted by atomic mass is 10.1. The summed E-state index contributed by atoms with van der Waals surface area (Å²) in [6.45, 7) is 2.46.